The Kier molecular flexibility index (Phi) is 30.5. The number of nitrogens with zero attached hydrogens (tertiary/aromatic N) is 4. The van der Waals surface area contributed by atoms with Crippen LogP contribution in [0.4, 0.5) is 21.0 Å². The van der Waals surface area contributed by atoms with Gasteiger partial charge < -0.3 is 111 Å². The van der Waals surface area contributed by atoms with Crippen LogP contribution in [0.5, 0.6) is 0 Å². The van der Waals surface area contributed by atoms with E-state index in [1.807, 2.05) is 0 Å². The number of aliphatic hydroxyl groups excluding tert-OH is 16. The van der Waals surface area contributed by atoms with Gasteiger partial charge in [-0.2, -0.15) is 0 Å². The molecule has 81 heavy (non-hydrogen) atoms. The fraction of sp³-hybridized carbons (Fsp3) is 0.647. The Labute approximate surface area is 467 Å². The predicted octanol–water partition coefficient (Wildman–Crippen LogP) is -5.68. The highest BCUT2D eigenvalue weighted by atomic mass is 16.6. The molecule has 8 atom stereocenters. The summed E-state index contributed by atoms with van der Waals surface area (Å²) in [5.74, 6) is -3.83. The van der Waals surface area contributed by atoms with E-state index in [0.717, 1.165) is 19.6 Å². The monoisotopic (exact) mass is 1160 g/mol. The van der Waals surface area contributed by atoms with Gasteiger partial charge in [0.1, 0.15) is 0 Å². The van der Waals surface area contributed by atoms with Crippen LogP contribution in [0.15, 0.2) is 0 Å². The van der Waals surface area contributed by atoms with Gasteiger partial charge in [-0.25, -0.2) is 9.59 Å². The summed E-state index contributed by atoms with van der Waals surface area (Å²) in [6.07, 6.45) is -14.9. The van der Waals surface area contributed by atoms with Gasteiger partial charge in [0.05, 0.1) is 126 Å². The van der Waals surface area contributed by atoms with Crippen LogP contribution in [0.1, 0.15) is 81.2 Å². The molecule has 0 fully saturated rings. The minimum atomic E-state index is -1.54. The first-order valence-electron chi connectivity index (χ1n) is 25.8. The first-order valence-corrected chi connectivity index (χ1v) is 25.8. The van der Waals surface area contributed by atoms with Crippen LogP contribution in [0.25, 0.3) is 0 Å². The number of benzene rings is 2. The minimum absolute atomic E-state index is 0.00986. The summed E-state index contributed by atoms with van der Waals surface area (Å²) in [5.41, 5.74) is -1.52. The van der Waals surface area contributed by atoms with Gasteiger partial charge in [-0.1, -0.05) is 0 Å². The molecule has 2 aromatic rings. The van der Waals surface area contributed by atoms with E-state index in [4.69, 9.17) is 9.47 Å². The van der Waals surface area contributed by atoms with Crippen molar-refractivity contribution in [1.82, 2.24) is 19.6 Å². The third-order valence-corrected chi connectivity index (χ3v) is 12.8. The Balaban J connectivity index is 2.62. The molecule has 0 aliphatic carbocycles. The van der Waals surface area contributed by atoms with Crippen molar-refractivity contribution in [3.05, 3.63) is 55.6 Å². The summed E-state index contributed by atoms with van der Waals surface area (Å²) < 4.78 is 10.7. The Morgan fingerprint density at radius 3 is 0.667 bits per heavy atom. The second-order valence-electron chi connectivity index (χ2n) is 19.4. The predicted molar refractivity (Wildman–Crippen MR) is 284 cm³/mol. The fourth-order valence-corrected chi connectivity index (χ4v) is 8.85. The van der Waals surface area contributed by atoms with Crippen molar-refractivity contribution in [2.75, 3.05) is 129 Å². The number of rotatable bonds is 34. The zero-order valence-electron chi connectivity index (χ0n) is 46.3. The molecule has 18 N–H and O–H groups in total. The lowest BCUT2D eigenvalue weighted by molar-refractivity contribution is 0.0203. The Hall–Kier alpha value is -5.78. The molecule has 0 saturated heterocycles. The van der Waals surface area contributed by atoms with Crippen LogP contribution in [0.2, 0.25) is 0 Å². The molecule has 2 rings (SSSR count). The lowest BCUT2D eigenvalue weighted by atomic mass is 9.89. The summed E-state index contributed by atoms with van der Waals surface area (Å²) >= 11 is 0. The zero-order valence-corrected chi connectivity index (χ0v) is 46.3. The van der Waals surface area contributed by atoms with Gasteiger partial charge in [0, 0.05) is 81.0 Å². The average Bonchev–Trinajstić information content (AvgIpc) is 3.43. The second-order valence-corrected chi connectivity index (χ2v) is 19.4. The van der Waals surface area contributed by atoms with Crippen molar-refractivity contribution in [3.8, 4) is 0 Å². The largest absolute Gasteiger partial charge is 0.449 e. The van der Waals surface area contributed by atoms with E-state index in [2.05, 4.69) is 10.6 Å². The maximum Gasteiger partial charge on any atom is 0.411 e. The van der Waals surface area contributed by atoms with E-state index in [1.54, 1.807) is 0 Å². The molecule has 0 heterocycles. The summed E-state index contributed by atoms with van der Waals surface area (Å²) in [4.78, 5) is 88.2. The summed E-state index contributed by atoms with van der Waals surface area (Å²) in [5, 5.41) is 164. The molecule has 8 unspecified atom stereocenters. The molecule has 30 nitrogen and oxygen atoms in total. The highest BCUT2D eigenvalue weighted by Gasteiger charge is 2.35. The Bertz CT molecular complexity index is 2070. The maximum atomic E-state index is 14.4. The molecule has 0 aliphatic rings. The number of ether oxygens (including phenoxy) is 2. The van der Waals surface area contributed by atoms with E-state index >= 15 is 0 Å². The number of amides is 6. The summed E-state index contributed by atoms with van der Waals surface area (Å²) in [6, 6.07) is 0. The topological polar surface area (TPSA) is 482 Å². The molecule has 0 spiro atoms. The standard InChI is InChI=1S/C51H82N6O24/c1-26-40(46(74)54(10-32(66)18-58)11-33(67)19-59)28(3)44(29(4)41(26)47(75)55(12-34(68)20-60)13-35(69)21-61)52-50(78)80-8-7-9-81-51(79)53-45-30(5)42(48(76)56(14-36(70)22-62)15-37(71)23-63)27(2)43(31(45)6)49(77)57(16-38(72)24-64)17-39(73)25-65/h32-39,58-73H,7-25H2,1-6H3,(H,52,78)(H,53,79). The molecule has 0 radical (unpaired) electrons. The van der Waals surface area contributed by atoms with Crippen molar-refractivity contribution in [2.45, 2.75) is 96.8 Å². The molecule has 460 valence electrons. The first kappa shape index (κ1) is 71.3. The lowest BCUT2D eigenvalue weighted by Gasteiger charge is -2.31. The third kappa shape index (κ3) is 20.3. The molecule has 0 aliphatic heterocycles. The molecule has 0 aromatic heterocycles. The van der Waals surface area contributed by atoms with Crippen LogP contribution in [0, 0.1) is 41.5 Å². The zero-order chi connectivity index (χ0) is 61.6. The van der Waals surface area contributed by atoms with Gasteiger partial charge >= 0.3 is 12.2 Å². The lowest BCUT2D eigenvalue weighted by Crippen LogP contribution is -2.45. The van der Waals surface area contributed by atoms with Crippen LogP contribution < -0.4 is 10.6 Å². The van der Waals surface area contributed by atoms with Crippen molar-refractivity contribution in [3.63, 3.8) is 0 Å². The van der Waals surface area contributed by atoms with E-state index in [9.17, 15) is 110 Å². The molecule has 0 bridgehead atoms. The van der Waals surface area contributed by atoms with Crippen molar-refractivity contribution in [2.24, 2.45) is 0 Å². The van der Waals surface area contributed by atoms with Crippen LogP contribution in [-0.2, 0) is 9.47 Å². The van der Waals surface area contributed by atoms with E-state index in [-0.39, 0.29) is 73.4 Å². The average molecular weight is 1160 g/mol. The molecular formula is C51H82N6O24. The van der Waals surface area contributed by atoms with Crippen LogP contribution >= 0.6 is 0 Å². The van der Waals surface area contributed by atoms with Crippen molar-refractivity contribution in [1.29, 1.82) is 0 Å². The summed E-state index contributed by atoms with van der Waals surface area (Å²) in [7, 11) is 0. The van der Waals surface area contributed by atoms with E-state index in [0.29, 0.717) is 0 Å². The Morgan fingerprint density at radius 1 is 0.333 bits per heavy atom. The molecule has 0 saturated carbocycles. The SMILES string of the molecule is Cc1c(NC(=O)OCCCOC(=O)Nc2c(C)c(C(=O)N(CC(O)CO)CC(O)CO)c(C)c(C(=O)N(CC(O)CO)CC(O)CO)c2C)c(C)c(C(=O)N(CC(O)CO)CC(O)CO)c(C)c1C(=O)N(CC(O)CO)CC(O)CO. The number of nitrogens with one attached hydrogen (secondary N) is 2. The molecule has 2 aromatic carbocycles. The van der Waals surface area contributed by atoms with Crippen LogP contribution in [0.3, 0.4) is 0 Å². The fourth-order valence-electron chi connectivity index (χ4n) is 8.85. The molecular weight excluding hydrogens is 1080 g/mol. The highest BCUT2D eigenvalue weighted by molar-refractivity contribution is 6.09. The maximum absolute atomic E-state index is 14.4. The number of hydrogen-bond donors (Lipinski definition) is 18. The highest BCUT2D eigenvalue weighted by Crippen LogP contribution is 2.36. The van der Waals surface area contributed by atoms with Gasteiger partial charge in [-0.3, -0.25) is 29.8 Å². The van der Waals surface area contributed by atoms with Gasteiger partial charge in [0.25, 0.3) is 23.6 Å². The Morgan fingerprint density at radius 2 is 0.506 bits per heavy atom. The number of aliphatic hydroxyl groups is 16. The van der Waals surface area contributed by atoms with Gasteiger partial charge in [0.2, 0.25) is 0 Å². The normalized spacial score (nSPS) is 14.4. The van der Waals surface area contributed by atoms with E-state index < -0.39 is 203 Å². The minimum Gasteiger partial charge on any atom is -0.449 e. The van der Waals surface area contributed by atoms with Gasteiger partial charge in [-0.15, -0.1) is 0 Å². The van der Waals surface area contributed by atoms with Crippen molar-refractivity contribution < 1.29 is 120 Å². The van der Waals surface area contributed by atoms with Gasteiger partial charge in [-0.05, 0) is 74.9 Å². The van der Waals surface area contributed by atoms with Gasteiger partial charge in [0.15, 0.2) is 0 Å². The quantitative estimate of drug-likeness (QED) is 0.0290. The first-order chi connectivity index (χ1) is 38.1. The van der Waals surface area contributed by atoms with E-state index in [1.165, 1.54) is 41.5 Å². The number of hydrogen-bond acceptors (Lipinski definition) is 24. The third-order valence-electron chi connectivity index (χ3n) is 12.8. The molecule has 30 heteroatoms. The summed E-state index contributed by atoms with van der Waals surface area (Å²) in [6.45, 7) is -3.98. The molecule has 6 amide bonds. The number of anilines is 2. The number of carbonyl (C=O) groups excluding carboxylic acids is 6. The van der Waals surface area contributed by atoms with Crippen LogP contribution in [-0.4, -0.2) is 304 Å². The smallest absolute Gasteiger partial charge is 0.411 e. The van der Waals surface area contributed by atoms with Crippen molar-refractivity contribution >= 4 is 47.2 Å². The second kappa shape index (κ2) is 34.6. The number of carbonyl (C=O) groups is 6.